The molecule has 3 heterocycles. The summed E-state index contributed by atoms with van der Waals surface area (Å²) < 4.78 is 38.5. The second kappa shape index (κ2) is 12.7. The van der Waals surface area contributed by atoms with Crippen LogP contribution in [-0.2, 0) is 14.2 Å². The summed E-state index contributed by atoms with van der Waals surface area (Å²) in [5.41, 5.74) is -0.860. The number of phenols is 2. The summed E-state index contributed by atoms with van der Waals surface area (Å²) in [6, 6.07) is 6.49. The average Bonchev–Trinajstić information content (AvgIpc) is 3.01. The molecule has 16 heteroatoms. The summed E-state index contributed by atoms with van der Waals surface area (Å²) in [7, 11) is 2.65. The van der Waals surface area contributed by atoms with Gasteiger partial charge in [-0.25, -0.2) is 0 Å². The molecule has 0 radical (unpaired) electrons. The maximum absolute atomic E-state index is 13.8. The van der Waals surface area contributed by atoms with E-state index in [2.05, 4.69) is 0 Å². The van der Waals surface area contributed by atoms with Crippen LogP contribution in [0.4, 0.5) is 0 Å². The molecule has 0 amide bonds. The molecule has 1 aromatic heterocycles. The van der Waals surface area contributed by atoms with Crippen LogP contribution in [0, 0.1) is 0 Å². The minimum atomic E-state index is -1.94. The van der Waals surface area contributed by atoms with Crippen LogP contribution < -0.4 is 19.6 Å². The fraction of sp³-hybridized carbons (Fsp3) is 0.464. The predicted octanol–water partition coefficient (Wildman–Crippen LogP) is -1.47. The highest BCUT2D eigenvalue weighted by Gasteiger charge is 2.50. The second-order valence-electron chi connectivity index (χ2n) is 10.2. The van der Waals surface area contributed by atoms with Gasteiger partial charge in [0.2, 0.25) is 17.5 Å². The molecule has 2 saturated heterocycles. The first-order chi connectivity index (χ1) is 21.0. The van der Waals surface area contributed by atoms with Crippen LogP contribution in [0.2, 0.25) is 0 Å². The van der Waals surface area contributed by atoms with Crippen molar-refractivity contribution >= 4 is 11.0 Å². The Morgan fingerprint density at radius 3 is 2.30 bits per heavy atom. The van der Waals surface area contributed by atoms with Crippen LogP contribution in [0.15, 0.2) is 39.5 Å². The summed E-state index contributed by atoms with van der Waals surface area (Å²) in [5, 5.41) is 82.2. The molecule has 2 aliphatic rings. The molecular weight excluding hydrogens is 592 g/mol. The highest BCUT2D eigenvalue weighted by Crippen LogP contribution is 2.40. The second-order valence-corrected chi connectivity index (χ2v) is 10.2. The number of aliphatic hydroxyl groups is 6. The molecule has 9 atom stereocenters. The van der Waals surface area contributed by atoms with Gasteiger partial charge in [0.15, 0.2) is 23.5 Å². The zero-order valence-electron chi connectivity index (χ0n) is 23.3. The van der Waals surface area contributed by atoms with Gasteiger partial charge in [0.25, 0.3) is 0 Å². The van der Waals surface area contributed by atoms with E-state index in [1.807, 2.05) is 0 Å². The van der Waals surface area contributed by atoms with Crippen LogP contribution >= 0.6 is 0 Å². The minimum absolute atomic E-state index is 0.0131. The Kier molecular flexibility index (Phi) is 9.17. The number of methoxy groups -OCH3 is 2. The Morgan fingerprint density at radius 2 is 1.61 bits per heavy atom. The molecule has 0 bridgehead atoms. The van der Waals surface area contributed by atoms with Gasteiger partial charge in [0, 0.05) is 17.7 Å². The Morgan fingerprint density at radius 1 is 0.886 bits per heavy atom. The average molecular weight is 625 g/mol. The van der Waals surface area contributed by atoms with Crippen molar-refractivity contribution in [3.8, 4) is 40.1 Å². The largest absolute Gasteiger partial charge is 0.507 e. The van der Waals surface area contributed by atoms with E-state index in [4.69, 9.17) is 32.8 Å². The number of phenolic OH excluding ortho intramolecular Hbond substituents is 2. The van der Waals surface area contributed by atoms with Crippen molar-refractivity contribution in [3.05, 3.63) is 40.6 Å². The van der Waals surface area contributed by atoms with Gasteiger partial charge in [-0.05, 0) is 18.2 Å². The van der Waals surface area contributed by atoms with Crippen LogP contribution in [0.3, 0.4) is 0 Å². The summed E-state index contributed by atoms with van der Waals surface area (Å²) in [6.45, 7) is -1.22. The van der Waals surface area contributed by atoms with Gasteiger partial charge in [-0.15, -0.1) is 0 Å². The van der Waals surface area contributed by atoms with E-state index in [-0.39, 0.29) is 39.5 Å². The van der Waals surface area contributed by atoms with Crippen LogP contribution in [0.5, 0.6) is 28.7 Å². The van der Waals surface area contributed by atoms with Gasteiger partial charge in [-0.2, -0.15) is 0 Å². The van der Waals surface area contributed by atoms with Crippen molar-refractivity contribution < 1.29 is 73.7 Å². The zero-order chi connectivity index (χ0) is 31.9. The molecule has 0 unspecified atom stereocenters. The number of aromatic hydroxyl groups is 2. The highest BCUT2D eigenvalue weighted by atomic mass is 16.7. The SMILES string of the molecule is COc1cc(O)c2c(=O)c(O[C@H]3O[C@@H](CO)[C@H](O[C@H]4OC[C@H](O)[C@@H](O)[C@@H]4O)[C@@H](O)[C@@H]3O)c(-c3ccc(O)c(OC)c3)oc2c1. The fourth-order valence-corrected chi connectivity index (χ4v) is 4.98. The molecule has 44 heavy (non-hydrogen) atoms. The molecule has 2 aliphatic heterocycles. The third kappa shape index (κ3) is 5.74. The maximum atomic E-state index is 13.8. The summed E-state index contributed by atoms with van der Waals surface area (Å²) >= 11 is 0. The quantitative estimate of drug-likeness (QED) is 0.142. The number of ether oxygens (including phenoxy) is 6. The van der Waals surface area contributed by atoms with Gasteiger partial charge in [-0.3, -0.25) is 4.79 Å². The van der Waals surface area contributed by atoms with Gasteiger partial charge in [0.1, 0.15) is 65.2 Å². The molecule has 8 N–H and O–H groups in total. The lowest BCUT2D eigenvalue weighted by Gasteiger charge is -2.44. The molecule has 2 fully saturated rings. The third-order valence-corrected chi connectivity index (χ3v) is 7.38. The number of aliphatic hydroxyl groups excluding tert-OH is 6. The fourth-order valence-electron chi connectivity index (χ4n) is 4.98. The van der Waals surface area contributed by atoms with Crippen LogP contribution in [0.1, 0.15) is 0 Å². The molecule has 2 aromatic carbocycles. The summed E-state index contributed by atoms with van der Waals surface area (Å²) in [4.78, 5) is 13.8. The van der Waals surface area contributed by atoms with Crippen LogP contribution in [-0.4, -0.2) is 124 Å². The Hall–Kier alpha value is -3.71. The van der Waals surface area contributed by atoms with Crippen molar-refractivity contribution in [2.24, 2.45) is 0 Å². The molecule has 0 spiro atoms. The Bertz CT molecular complexity index is 1540. The molecular formula is C28H32O16. The van der Waals surface area contributed by atoms with Gasteiger partial charge < -0.3 is 73.7 Å². The smallest absolute Gasteiger partial charge is 0.239 e. The van der Waals surface area contributed by atoms with Crippen LogP contribution in [0.25, 0.3) is 22.3 Å². The van der Waals surface area contributed by atoms with Crippen molar-refractivity contribution in [1.82, 2.24) is 0 Å². The maximum Gasteiger partial charge on any atom is 0.239 e. The van der Waals surface area contributed by atoms with Gasteiger partial charge >= 0.3 is 0 Å². The Balaban J connectivity index is 1.52. The molecule has 16 nitrogen and oxygen atoms in total. The van der Waals surface area contributed by atoms with Crippen molar-refractivity contribution in [1.29, 1.82) is 0 Å². The number of benzene rings is 2. The normalized spacial score (nSPS) is 30.7. The lowest BCUT2D eigenvalue weighted by atomic mass is 9.98. The number of rotatable bonds is 8. The standard InChI is InChI=1S/C28H32O16/c1-38-11-6-13(31)18-16(7-11)41-24(10-3-4-12(30)15(5-10)39-2)26(20(18)34)44-28-23(37)21(35)25(17(8-29)42-28)43-27-22(36)19(33)14(32)9-40-27/h3-7,14,17,19,21-23,25,27-33,35-37H,8-9H2,1-2H3/t14-,17-,19+,21-,22-,23-,25-,27+,28+/m0/s1. The summed E-state index contributed by atoms with van der Waals surface area (Å²) in [5.74, 6) is -1.38. The van der Waals surface area contributed by atoms with Crippen molar-refractivity contribution in [2.45, 2.75) is 55.3 Å². The predicted molar refractivity (Wildman–Crippen MR) is 145 cm³/mol. The Labute approximate surface area is 248 Å². The van der Waals surface area contributed by atoms with Crippen molar-refractivity contribution in [2.75, 3.05) is 27.4 Å². The molecule has 3 aromatic rings. The molecule has 0 saturated carbocycles. The van der Waals surface area contributed by atoms with E-state index in [0.717, 1.165) is 0 Å². The zero-order valence-corrected chi connectivity index (χ0v) is 23.3. The number of hydrogen-bond acceptors (Lipinski definition) is 16. The van der Waals surface area contributed by atoms with E-state index in [0.29, 0.717) is 0 Å². The van der Waals surface area contributed by atoms with Crippen molar-refractivity contribution in [3.63, 3.8) is 0 Å². The van der Waals surface area contributed by atoms with E-state index >= 15 is 0 Å². The minimum Gasteiger partial charge on any atom is -0.507 e. The lowest BCUT2D eigenvalue weighted by molar-refractivity contribution is -0.339. The first kappa shape index (κ1) is 31.7. The monoisotopic (exact) mass is 624 g/mol. The van der Waals surface area contributed by atoms with E-state index in [1.165, 1.54) is 44.6 Å². The summed E-state index contributed by atoms with van der Waals surface area (Å²) in [6.07, 6.45) is -15.0. The topological polar surface area (TPSA) is 247 Å². The van der Waals surface area contributed by atoms with E-state index in [1.54, 1.807) is 0 Å². The number of hydrogen-bond donors (Lipinski definition) is 8. The highest BCUT2D eigenvalue weighted by molar-refractivity contribution is 5.88. The van der Waals surface area contributed by atoms with E-state index < -0.39 is 85.4 Å². The third-order valence-electron chi connectivity index (χ3n) is 7.38. The van der Waals surface area contributed by atoms with Gasteiger partial charge in [-0.1, -0.05) is 0 Å². The molecule has 240 valence electrons. The van der Waals surface area contributed by atoms with E-state index in [9.17, 15) is 45.6 Å². The number of fused-ring (bicyclic) bond motifs is 1. The molecule has 0 aliphatic carbocycles. The molecule has 5 rings (SSSR count). The first-order valence-corrected chi connectivity index (χ1v) is 13.3. The lowest BCUT2D eigenvalue weighted by Crippen LogP contribution is -2.63. The van der Waals surface area contributed by atoms with Gasteiger partial charge in [0.05, 0.1) is 27.4 Å². The first-order valence-electron chi connectivity index (χ1n) is 13.3.